The Hall–Kier alpha value is -3.32. The van der Waals surface area contributed by atoms with Gasteiger partial charge in [-0.1, -0.05) is 17.7 Å². The molecule has 0 amide bonds. The molecule has 1 N–H and O–H groups in total. The lowest BCUT2D eigenvalue weighted by Gasteiger charge is -2.13. The molecule has 1 aliphatic rings. The molecule has 2 aromatic heterocycles. The van der Waals surface area contributed by atoms with Crippen molar-refractivity contribution in [2.75, 3.05) is 20.3 Å². The topological polar surface area (TPSA) is 73.4 Å². The predicted molar refractivity (Wildman–Crippen MR) is 131 cm³/mol. The van der Waals surface area contributed by atoms with Crippen molar-refractivity contribution in [3.8, 4) is 28.6 Å². The van der Waals surface area contributed by atoms with Gasteiger partial charge in [0, 0.05) is 10.4 Å². The molecule has 0 aliphatic heterocycles. The van der Waals surface area contributed by atoms with E-state index in [1.54, 1.807) is 18.4 Å². The number of ether oxygens (including phenoxy) is 3. The van der Waals surface area contributed by atoms with Gasteiger partial charge in [0.25, 0.3) is 5.56 Å². The van der Waals surface area contributed by atoms with Crippen molar-refractivity contribution in [1.29, 1.82) is 0 Å². The van der Waals surface area contributed by atoms with Gasteiger partial charge < -0.3 is 19.2 Å². The van der Waals surface area contributed by atoms with Gasteiger partial charge in [-0.3, -0.25) is 4.79 Å². The highest BCUT2D eigenvalue weighted by atomic mass is 32.1. The van der Waals surface area contributed by atoms with E-state index < -0.39 is 0 Å². The van der Waals surface area contributed by atoms with Crippen LogP contribution in [0.25, 0.3) is 21.6 Å². The number of benzene rings is 2. The van der Waals surface area contributed by atoms with Crippen LogP contribution in [0.1, 0.15) is 28.8 Å². The first-order valence-electron chi connectivity index (χ1n) is 11.2. The fourth-order valence-corrected chi connectivity index (χ4v) is 5.44. The first-order chi connectivity index (χ1) is 16.1. The number of aromatic amines is 1. The third kappa shape index (κ3) is 4.46. The van der Waals surface area contributed by atoms with Gasteiger partial charge in [0.1, 0.15) is 29.6 Å². The van der Waals surface area contributed by atoms with Crippen LogP contribution in [0, 0.1) is 6.92 Å². The Morgan fingerprint density at radius 1 is 1.00 bits per heavy atom. The fourth-order valence-electron chi connectivity index (χ4n) is 4.18. The van der Waals surface area contributed by atoms with Crippen LogP contribution in [0.2, 0.25) is 0 Å². The number of thiophene rings is 1. The van der Waals surface area contributed by atoms with Gasteiger partial charge in [-0.05, 0) is 68.5 Å². The molecule has 0 fully saturated rings. The lowest BCUT2D eigenvalue weighted by Crippen LogP contribution is -2.11. The van der Waals surface area contributed by atoms with Gasteiger partial charge in [0.05, 0.1) is 12.5 Å². The second-order valence-electron chi connectivity index (χ2n) is 8.18. The molecule has 0 atom stereocenters. The van der Waals surface area contributed by atoms with E-state index in [2.05, 4.69) is 4.98 Å². The molecular formula is C26H26N2O4S. The van der Waals surface area contributed by atoms with E-state index in [-0.39, 0.29) is 5.56 Å². The molecule has 7 heteroatoms. The largest absolute Gasteiger partial charge is 0.493 e. The van der Waals surface area contributed by atoms with Crippen molar-refractivity contribution in [3.05, 3.63) is 68.8 Å². The summed E-state index contributed by atoms with van der Waals surface area (Å²) >= 11 is 1.65. The Bertz CT molecular complexity index is 1340. The normalized spacial score (nSPS) is 13.0. The molecule has 6 nitrogen and oxygen atoms in total. The smallest absolute Gasteiger partial charge is 0.260 e. The van der Waals surface area contributed by atoms with Crippen molar-refractivity contribution in [1.82, 2.24) is 9.97 Å². The van der Waals surface area contributed by atoms with E-state index in [1.807, 2.05) is 49.4 Å². The summed E-state index contributed by atoms with van der Waals surface area (Å²) in [5.41, 5.74) is 3.09. The molecular weight excluding hydrogens is 436 g/mol. The molecule has 2 heterocycles. The van der Waals surface area contributed by atoms with Crippen LogP contribution in [-0.4, -0.2) is 30.3 Å². The SMILES string of the molecule is COc1cc(-c2nc3sc4c(c3c(=O)[nH]2)CCCC4)ccc1OCCOc1ccc(C)cc1. The zero-order chi connectivity index (χ0) is 22.8. The number of H-pyrrole nitrogens is 1. The Balaban J connectivity index is 1.33. The molecule has 0 radical (unpaired) electrons. The van der Waals surface area contributed by atoms with Crippen LogP contribution in [0.4, 0.5) is 0 Å². The van der Waals surface area contributed by atoms with E-state index in [0.717, 1.165) is 40.8 Å². The highest BCUT2D eigenvalue weighted by Crippen LogP contribution is 2.35. The maximum Gasteiger partial charge on any atom is 0.260 e. The number of aromatic nitrogens is 2. The van der Waals surface area contributed by atoms with Crippen LogP contribution in [0.15, 0.2) is 47.3 Å². The lowest BCUT2D eigenvalue weighted by atomic mass is 9.97. The first kappa shape index (κ1) is 21.5. The minimum absolute atomic E-state index is 0.0676. The van der Waals surface area contributed by atoms with E-state index in [0.29, 0.717) is 30.5 Å². The van der Waals surface area contributed by atoms with Gasteiger partial charge in [-0.25, -0.2) is 4.98 Å². The maximum atomic E-state index is 12.9. The molecule has 170 valence electrons. The summed E-state index contributed by atoms with van der Waals surface area (Å²) in [6.07, 6.45) is 4.32. The zero-order valence-corrected chi connectivity index (χ0v) is 19.6. The zero-order valence-electron chi connectivity index (χ0n) is 18.8. The molecule has 4 aromatic rings. The third-order valence-electron chi connectivity index (χ3n) is 5.89. The molecule has 33 heavy (non-hydrogen) atoms. The second kappa shape index (κ2) is 9.27. The summed E-state index contributed by atoms with van der Waals surface area (Å²) < 4.78 is 17.1. The summed E-state index contributed by atoms with van der Waals surface area (Å²) in [5, 5.41) is 0.763. The van der Waals surface area contributed by atoms with Crippen molar-refractivity contribution in [3.63, 3.8) is 0 Å². The third-order valence-corrected chi connectivity index (χ3v) is 7.08. The summed E-state index contributed by atoms with van der Waals surface area (Å²) in [5.74, 6) is 2.55. The monoisotopic (exact) mass is 462 g/mol. The molecule has 1 aliphatic carbocycles. The van der Waals surface area contributed by atoms with Gasteiger partial charge in [0.2, 0.25) is 0 Å². The van der Waals surface area contributed by atoms with Gasteiger partial charge in [-0.15, -0.1) is 11.3 Å². The van der Waals surface area contributed by atoms with E-state index in [9.17, 15) is 4.79 Å². The molecule has 2 aromatic carbocycles. The summed E-state index contributed by atoms with van der Waals surface area (Å²) in [6, 6.07) is 13.5. The minimum Gasteiger partial charge on any atom is -0.493 e. The highest BCUT2D eigenvalue weighted by Gasteiger charge is 2.20. The van der Waals surface area contributed by atoms with Gasteiger partial charge >= 0.3 is 0 Å². The van der Waals surface area contributed by atoms with Crippen LogP contribution in [0.5, 0.6) is 17.2 Å². The van der Waals surface area contributed by atoms with Crippen LogP contribution in [-0.2, 0) is 12.8 Å². The minimum atomic E-state index is -0.0676. The van der Waals surface area contributed by atoms with Crippen LogP contribution < -0.4 is 19.8 Å². The van der Waals surface area contributed by atoms with Crippen molar-refractivity contribution in [2.24, 2.45) is 0 Å². The number of fused-ring (bicyclic) bond motifs is 3. The summed E-state index contributed by atoms with van der Waals surface area (Å²) in [7, 11) is 1.60. The molecule has 5 rings (SSSR count). The molecule has 0 unspecified atom stereocenters. The molecule has 0 saturated carbocycles. The average Bonchev–Trinajstić information content (AvgIpc) is 3.22. The summed E-state index contributed by atoms with van der Waals surface area (Å²) in [4.78, 5) is 22.7. The van der Waals surface area contributed by atoms with E-state index >= 15 is 0 Å². The fraction of sp³-hybridized carbons (Fsp3) is 0.308. The Morgan fingerprint density at radius 2 is 1.79 bits per heavy atom. The van der Waals surface area contributed by atoms with E-state index in [4.69, 9.17) is 19.2 Å². The van der Waals surface area contributed by atoms with Crippen LogP contribution in [0.3, 0.4) is 0 Å². The first-order valence-corrected chi connectivity index (χ1v) is 12.0. The van der Waals surface area contributed by atoms with Crippen molar-refractivity contribution >= 4 is 21.6 Å². The van der Waals surface area contributed by atoms with Crippen LogP contribution >= 0.6 is 11.3 Å². The standard InChI is InChI=1S/C26H26N2O4S/c1-16-7-10-18(11-8-16)31-13-14-32-20-12-9-17(15-21(20)30-2)24-27-25(29)23-19-5-3-4-6-22(19)33-26(23)28-24/h7-12,15H,3-6,13-14H2,1-2H3,(H,27,28,29). The summed E-state index contributed by atoms with van der Waals surface area (Å²) in [6.45, 7) is 2.84. The maximum absolute atomic E-state index is 12.9. The number of hydrogen-bond acceptors (Lipinski definition) is 6. The molecule has 0 saturated heterocycles. The van der Waals surface area contributed by atoms with Gasteiger partial charge in [0.15, 0.2) is 11.5 Å². The lowest BCUT2D eigenvalue weighted by molar-refractivity contribution is 0.211. The van der Waals surface area contributed by atoms with Gasteiger partial charge in [-0.2, -0.15) is 0 Å². The number of hydrogen-bond donors (Lipinski definition) is 1. The number of methoxy groups -OCH3 is 1. The van der Waals surface area contributed by atoms with E-state index in [1.165, 1.54) is 22.4 Å². The number of nitrogens with zero attached hydrogens (tertiary/aromatic N) is 1. The number of aryl methyl sites for hydroxylation is 3. The quantitative estimate of drug-likeness (QED) is 0.377. The molecule has 0 spiro atoms. The predicted octanol–water partition coefficient (Wildman–Crippen LogP) is 5.31. The Morgan fingerprint density at radius 3 is 2.61 bits per heavy atom. The second-order valence-corrected chi connectivity index (χ2v) is 9.26. The highest BCUT2D eigenvalue weighted by molar-refractivity contribution is 7.18. The van der Waals surface area contributed by atoms with Crippen molar-refractivity contribution in [2.45, 2.75) is 32.6 Å². The van der Waals surface area contributed by atoms with Crippen molar-refractivity contribution < 1.29 is 14.2 Å². The Labute approximate surface area is 196 Å². The average molecular weight is 463 g/mol. The Kier molecular flexibility index (Phi) is 6.05. The molecule has 0 bridgehead atoms. The number of nitrogens with one attached hydrogen (secondary N) is 1. The number of rotatable bonds is 7.